The lowest BCUT2D eigenvalue weighted by atomic mass is 10.1. The van der Waals surface area contributed by atoms with Crippen LogP contribution in [0.25, 0.3) is 6.08 Å². The molecule has 0 saturated carbocycles. The summed E-state index contributed by atoms with van der Waals surface area (Å²) in [6.07, 6.45) is 2.20. The van der Waals surface area contributed by atoms with E-state index in [0.717, 1.165) is 0 Å². The number of carbonyl (C=O) groups is 1. The molecule has 0 aromatic heterocycles. The minimum atomic E-state index is -1.13. The van der Waals surface area contributed by atoms with Crippen molar-refractivity contribution in [1.29, 1.82) is 5.26 Å². The third-order valence-corrected chi connectivity index (χ3v) is 2.00. The lowest BCUT2D eigenvalue weighted by molar-refractivity contribution is -0.385. The molecule has 1 aromatic carbocycles. The van der Waals surface area contributed by atoms with E-state index in [0.29, 0.717) is 5.56 Å². The van der Waals surface area contributed by atoms with Crippen LogP contribution < -0.4 is 0 Å². The summed E-state index contributed by atoms with van der Waals surface area (Å²) in [6.45, 7) is 0. The molecule has 0 atom stereocenters. The third kappa shape index (κ3) is 3.43. The Kier molecular flexibility index (Phi) is 3.95. The van der Waals surface area contributed by atoms with E-state index in [2.05, 4.69) is 0 Å². The molecule has 0 heterocycles. The van der Waals surface area contributed by atoms with E-state index in [1.54, 1.807) is 6.07 Å². The van der Waals surface area contributed by atoms with Crippen molar-refractivity contribution in [3.05, 3.63) is 45.5 Å². The van der Waals surface area contributed by atoms with Crippen molar-refractivity contribution in [3.63, 3.8) is 0 Å². The monoisotopic (exact) mass is 232 g/mol. The van der Waals surface area contributed by atoms with Crippen molar-refractivity contribution in [3.8, 4) is 6.07 Å². The van der Waals surface area contributed by atoms with Crippen molar-refractivity contribution >= 4 is 17.7 Å². The van der Waals surface area contributed by atoms with Crippen molar-refractivity contribution < 1.29 is 14.8 Å². The first kappa shape index (κ1) is 12.4. The minimum Gasteiger partial charge on any atom is -0.481 e. The van der Waals surface area contributed by atoms with Crippen molar-refractivity contribution in [2.45, 2.75) is 6.42 Å². The first-order valence-electron chi connectivity index (χ1n) is 4.60. The van der Waals surface area contributed by atoms with Gasteiger partial charge in [-0.15, -0.1) is 0 Å². The molecule has 0 unspecified atom stereocenters. The Hall–Kier alpha value is -2.68. The highest BCUT2D eigenvalue weighted by molar-refractivity contribution is 5.72. The molecular weight excluding hydrogens is 224 g/mol. The van der Waals surface area contributed by atoms with Gasteiger partial charge in [0.05, 0.1) is 17.4 Å². The van der Waals surface area contributed by atoms with E-state index < -0.39 is 17.3 Å². The number of hydrogen-bond donors (Lipinski definition) is 1. The lowest BCUT2D eigenvalue weighted by Gasteiger charge is -2.01. The van der Waals surface area contributed by atoms with E-state index in [1.165, 1.54) is 30.4 Å². The zero-order valence-electron chi connectivity index (χ0n) is 8.66. The Labute approximate surface area is 96.6 Å². The second-order valence-corrected chi connectivity index (χ2v) is 3.18. The molecule has 0 bridgehead atoms. The van der Waals surface area contributed by atoms with Gasteiger partial charge in [-0.1, -0.05) is 12.1 Å². The van der Waals surface area contributed by atoms with Crippen molar-refractivity contribution in [2.75, 3.05) is 0 Å². The maximum atomic E-state index is 10.8. The van der Waals surface area contributed by atoms with Crippen LogP contribution in [-0.4, -0.2) is 16.0 Å². The predicted octanol–water partition coefficient (Wildman–Crippen LogP) is 1.76. The minimum absolute atomic E-state index is 0.136. The molecule has 0 aliphatic rings. The molecule has 0 aliphatic heterocycles. The molecule has 0 fully saturated rings. The van der Waals surface area contributed by atoms with Crippen LogP contribution in [0.1, 0.15) is 11.1 Å². The Bertz CT molecular complexity index is 529. The van der Waals surface area contributed by atoms with Crippen molar-refractivity contribution in [1.82, 2.24) is 0 Å². The summed E-state index contributed by atoms with van der Waals surface area (Å²) in [7, 11) is 0. The van der Waals surface area contributed by atoms with Crippen LogP contribution >= 0.6 is 0 Å². The molecule has 86 valence electrons. The average molecular weight is 232 g/mol. The Morgan fingerprint density at radius 3 is 2.82 bits per heavy atom. The zero-order valence-corrected chi connectivity index (χ0v) is 8.66. The topological polar surface area (TPSA) is 104 Å². The van der Waals surface area contributed by atoms with Gasteiger partial charge in [-0.25, -0.2) is 0 Å². The maximum Gasteiger partial charge on any atom is 0.308 e. The van der Waals surface area contributed by atoms with Crippen LogP contribution in [0.4, 0.5) is 5.69 Å². The Balaban J connectivity index is 3.18. The molecule has 0 spiro atoms. The number of nitro benzene ring substituents is 1. The number of benzene rings is 1. The molecule has 6 nitrogen and oxygen atoms in total. The van der Waals surface area contributed by atoms with Crippen LogP contribution in [0.3, 0.4) is 0 Å². The Morgan fingerprint density at radius 2 is 2.29 bits per heavy atom. The van der Waals surface area contributed by atoms with Crippen molar-refractivity contribution in [2.24, 2.45) is 0 Å². The number of hydrogen-bond acceptors (Lipinski definition) is 4. The summed E-state index contributed by atoms with van der Waals surface area (Å²) in [6, 6.07) is 5.91. The largest absolute Gasteiger partial charge is 0.481 e. The van der Waals surface area contributed by atoms with Crippen LogP contribution in [0, 0.1) is 21.4 Å². The summed E-state index contributed by atoms with van der Waals surface area (Å²) in [4.78, 5) is 20.6. The maximum absolute atomic E-state index is 10.8. The van der Waals surface area contributed by atoms with Gasteiger partial charge in [0.15, 0.2) is 0 Å². The number of carboxylic acids is 1. The molecule has 17 heavy (non-hydrogen) atoms. The molecule has 0 amide bonds. The van der Waals surface area contributed by atoms with Gasteiger partial charge in [0, 0.05) is 17.7 Å². The molecule has 1 aromatic rings. The number of aliphatic carboxylic acids is 1. The SMILES string of the molecule is N#CC=Cc1ccc(CC(=O)O)c([N+](=O)[O-])c1. The summed E-state index contributed by atoms with van der Waals surface area (Å²) >= 11 is 0. The standard InChI is InChI=1S/C11H8N2O4/c12-5-1-2-8-3-4-9(7-11(14)15)10(6-8)13(16)17/h1-4,6H,7H2,(H,14,15). The summed E-state index contributed by atoms with van der Waals surface area (Å²) in [5.41, 5.74) is 0.358. The van der Waals surface area contributed by atoms with Gasteiger partial charge in [-0.05, 0) is 11.6 Å². The number of rotatable bonds is 4. The van der Waals surface area contributed by atoms with Crippen LogP contribution in [0.5, 0.6) is 0 Å². The van der Waals surface area contributed by atoms with E-state index in [9.17, 15) is 14.9 Å². The smallest absolute Gasteiger partial charge is 0.308 e. The second-order valence-electron chi connectivity index (χ2n) is 3.18. The molecule has 0 radical (unpaired) electrons. The molecule has 1 N–H and O–H groups in total. The first-order valence-corrected chi connectivity index (χ1v) is 4.60. The van der Waals surface area contributed by atoms with Gasteiger partial charge in [0.2, 0.25) is 0 Å². The normalized spacial score (nSPS) is 10.1. The molecule has 0 aliphatic carbocycles. The highest BCUT2D eigenvalue weighted by atomic mass is 16.6. The predicted molar refractivity (Wildman–Crippen MR) is 59.1 cm³/mol. The molecule has 0 saturated heterocycles. The fourth-order valence-corrected chi connectivity index (χ4v) is 1.30. The first-order chi connectivity index (χ1) is 8.04. The second kappa shape index (κ2) is 5.42. The molecule has 6 heteroatoms. The van der Waals surface area contributed by atoms with E-state index in [4.69, 9.17) is 10.4 Å². The number of nitro groups is 1. The van der Waals surface area contributed by atoms with Gasteiger partial charge in [0.25, 0.3) is 5.69 Å². The highest BCUT2D eigenvalue weighted by Crippen LogP contribution is 2.21. The van der Waals surface area contributed by atoms with Crippen LogP contribution in [-0.2, 0) is 11.2 Å². The van der Waals surface area contributed by atoms with Gasteiger partial charge >= 0.3 is 5.97 Å². The molecular formula is C11H8N2O4. The highest BCUT2D eigenvalue weighted by Gasteiger charge is 2.16. The summed E-state index contributed by atoms with van der Waals surface area (Å²) in [5, 5.41) is 27.7. The van der Waals surface area contributed by atoms with Gasteiger partial charge in [0.1, 0.15) is 0 Å². The number of nitrogens with zero attached hydrogens (tertiary/aromatic N) is 2. The van der Waals surface area contributed by atoms with Gasteiger partial charge in [-0.3, -0.25) is 14.9 Å². The summed E-state index contributed by atoms with van der Waals surface area (Å²) in [5.74, 6) is -1.13. The summed E-state index contributed by atoms with van der Waals surface area (Å²) < 4.78 is 0. The van der Waals surface area contributed by atoms with E-state index in [-0.39, 0.29) is 11.3 Å². The fourth-order valence-electron chi connectivity index (χ4n) is 1.30. The lowest BCUT2D eigenvalue weighted by Crippen LogP contribution is -2.03. The molecule has 1 rings (SSSR count). The number of carboxylic acid groups (broad SMARTS) is 1. The average Bonchev–Trinajstić information content (AvgIpc) is 2.26. The van der Waals surface area contributed by atoms with Gasteiger partial charge < -0.3 is 5.11 Å². The number of allylic oxidation sites excluding steroid dienone is 1. The Morgan fingerprint density at radius 1 is 1.59 bits per heavy atom. The van der Waals surface area contributed by atoms with Gasteiger partial charge in [-0.2, -0.15) is 5.26 Å². The zero-order chi connectivity index (χ0) is 12.8. The quantitative estimate of drug-likeness (QED) is 0.483. The number of nitriles is 1. The van der Waals surface area contributed by atoms with E-state index in [1.807, 2.05) is 0 Å². The van der Waals surface area contributed by atoms with Crippen LogP contribution in [0.15, 0.2) is 24.3 Å². The third-order valence-electron chi connectivity index (χ3n) is 2.00. The van der Waals surface area contributed by atoms with Crippen LogP contribution in [0.2, 0.25) is 0 Å². The fraction of sp³-hybridized carbons (Fsp3) is 0.0909. The van der Waals surface area contributed by atoms with E-state index >= 15 is 0 Å².